The van der Waals surface area contributed by atoms with E-state index in [2.05, 4.69) is 27.9 Å². The van der Waals surface area contributed by atoms with Crippen LogP contribution >= 0.6 is 11.6 Å². The topological polar surface area (TPSA) is 115 Å². The molecular weight excluding hydrogens is 380 g/mol. The van der Waals surface area contributed by atoms with Crippen molar-refractivity contribution in [2.45, 2.75) is 19.9 Å². The van der Waals surface area contributed by atoms with E-state index in [0.717, 1.165) is 6.42 Å². The SMILES string of the molecule is CCc1ccc(NC(=O)Cn2nnc(C(=O)Nc3ccc(Cl)cc3)c2N)cc1. The molecule has 0 atom stereocenters. The predicted molar refractivity (Wildman–Crippen MR) is 108 cm³/mol. The van der Waals surface area contributed by atoms with Crippen LogP contribution in [0.15, 0.2) is 48.5 Å². The van der Waals surface area contributed by atoms with Crippen molar-refractivity contribution in [2.24, 2.45) is 0 Å². The van der Waals surface area contributed by atoms with Crippen LogP contribution in [0, 0.1) is 0 Å². The second kappa shape index (κ2) is 8.53. The van der Waals surface area contributed by atoms with Crippen LogP contribution in [0.1, 0.15) is 23.0 Å². The number of aromatic nitrogens is 3. The second-order valence-corrected chi connectivity index (χ2v) is 6.48. The molecule has 0 unspecified atom stereocenters. The summed E-state index contributed by atoms with van der Waals surface area (Å²) in [6.45, 7) is 1.89. The zero-order valence-corrected chi connectivity index (χ0v) is 15.9. The summed E-state index contributed by atoms with van der Waals surface area (Å²) in [5.41, 5.74) is 8.26. The Morgan fingerprint density at radius 3 is 2.29 bits per heavy atom. The number of rotatable bonds is 6. The summed E-state index contributed by atoms with van der Waals surface area (Å²) in [6.07, 6.45) is 0.921. The fourth-order valence-corrected chi connectivity index (χ4v) is 2.61. The van der Waals surface area contributed by atoms with Crippen molar-refractivity contribution in [3.8, 4) is 0 Å². The first-order valence-corrected chi connectivity index (χ1v) is 8.98. The summed E-state index contributed by atoms with van der Waals surface area (Å²) >= 11 is 5.82. The van der Waals surface area contributed by atoms with Gasteiger partial charge in [0.2, 0.25) is 5.91 Å². The average molecular weight is 399 g/mol. The fourth-order valence-electron chi connectivity index (χ4n) is 2.48. The van der Waals surface area contributed by atoms with Gasteiger partial charge in [-0.15, -0.1) is 5.10 Å². The molecule has 0 aliphatic carbocycles. The molecule has 28 heavy (non-hydrogen) atoms. The Hall–Kier alpha value is -3.39. The van der Waals surface area contributed by atoms with E-state index in [1.165, 1.54) is 10.2 Å². The molecular formula is C19H19ClN6O2. The number of amides is 2. The Balaban J connectivity index is 1.63. The largest absolute Gasteiger partial charge is 0.382 e. The van der Waals surface area contributed by atoms with Gasteiger partial charge in [0, 0.05) is 16.4 Å². The third-order valence-corrected chi connectivity index (χ3v) is 4.28. The molecule has 0 radical (unpaired) electrons. The molecule has 0 saturated carbocycles. The molecule has 8 nitrogen and oxygen atoms in total. The van der Waals surface area contributed by atoms with Gasteiger partial charge < -0.3 is 16.4 Å². The zero-order valence-electron chi connectivity index (χ0n) is 15.1. The van der Waals surface area contributed by atoms with Gasteiger partial charge in [-0.3, -0.25) is 9.59 Å². The van der Waals surface area contributed by atoms with Crippen LogP contribution in [0.2, 0.25) is 5.02 Å². The second-order valence-electron chi connectivity index (χ2n) is 6.04. The Morgan fingerprint density at radius 2 is 1.64 bits per heavy atom. The van der Waals surface area contributed by atoms with Crippen molar-refractivity contribution >= 4 is 40.6 Å². The van der Waals surface area contributed by atoms with Gasteiger partial charge >= 0.3 is 0 Å². The molecule has 0 aliphatic rings. The molecule has 1 aromatic heterocycles. The minimum Gasteiger partial charge on any atom is -0.382 e. The van der Waals surface area contributed by atoms with Gasteiger partial charge in [-0.2, -0.15) is 0 Å². The van der Waals surface area contributed by atoms with Crippen LogP contribution < -0.4 is 16.4 Å². The van der Waals surface area contributed by atoms with E-state index in [0.29, 0.717) is 16.4 Å². The Kier molecular flexibility index (Phi) is 5.90. The number of benzene rings is 2. The maximum Gasteiger partial charge on any atom is 0.280 e. The van der Waals surface area contributed by atoms with Crippen molar-refractivity contribution in [1.29, 1.82) is 0 Å². The lowest BCUT2D eigenvalue weighted by atomic mass is 10.1. The van der Waals surface area contributed by atoms with E-state index in [1.54, 1.807) is 24.3 Å². The number of hydrogen-bond donors (Lipinski definition) is 3. The highest BCUT2D eigenvalue weighted by atomic mass is 35.5. The first-order valence-electron chi connectivity index (χ1n) is 8.61. The molecule has 0 spiro atoms. The normalized spacial score (nSPS) is 10.5. The minimum absolute atomic E-state index is 0.00273. The molecule has 3 aromatic rings. The standard InChI is InChI=1S/C19H19ClN6O2/c1-2-12-3-7-14(8-4-12)22-16(27)11-26-18(21)17(24-25-26)19(28)23-15-9-5-13(20)6-10-15/h3-10H,2,11,21H2,1H3,(H,22,27)(H,23,28). The monoisotopic (exact) mass is 398 g/mol. The van der Waals surface area contributed by atoms with Crippen molar-refractivity contribution in [3.63, 3.8) is 0 Å². The first kappa shape index (κ1) is 19.4. The highest BCUT2D eigenvalue weighted by Crippen LogP contribution is 2.16. The van der Waals surface area contributed by atoms with E-state index >= 15 is 0 Å². The van der Waals surface area contributed by atoms with Gasteiger partial charge in [0.05, 0.1) is 0 Å². The maximum atomic E-state index is 12.3. The molecule has 144 valence electrons. The number of anilines is 3. The lowest BCUT2D eigenvalue weighted by Gasteiger charge is -2.07. The number of aryl methyl sites for hydroxylation is 1. The highest BCUT2D eigenvalue weighted by Gasteiger charge is 2.19. The van der Waals surface area contributed by atoms with Crippen molar-refractivity contribution in [3.05, 3.63) is 64.8 Å². The molecule has 0 fully saturated rings. The average Bonchev–Trinajstić information content (AvgIpc) is 3.04. The van der Waals surface area contributed by atoms with Crippen LogP contribution in [0.5, 0.6) is 0 Å². The molecule has 0 saturated heterocycles. The Labute approximate surface area is 166 Å². The van der Waals surface area contributed by atoms with Gasteiger partial charge in [-0.25, -0.2) is 4.68 Å². The molecule has 4 N–H and O–H groups in total. The summed E-state index contributed by atoms with van der Waals surface area (Å²) in [6, 6.07) is 14.1. The molecule has 9 heteroatoms. The number of nitrogens with one attached hydrogen (secondary N) is 2. The van der Waals surface area contributed by atoms with Gasteiger partial charge in [0.15, 0.2) is 11.5 Å². The third kappa shape index (κ3) is 4.66. The number of nitrogens with zero attached hydrogens (tertiary/aromatic N) is 3. The smallest absolute Gasteiger partial charge is 0.280 e. The molecule has 0 bridgehead atoms. The number of hydrogen-bond acceptors (Lipinski definition) is 5. The number of nitrogens with two attached hydrogens (primary N) is 1. The minimum atomic E-state index is -0.526. The Morgan fingerprint density at radius 1 is 1.04 bits per heavy atom. The highest BCUT2D eigenvalue weighted by molar-refractivity contribution is 6.30. The van der Waals surface area contributed by atoms with E-state index in [4.69, 9.17) is 17.3 Å². The van der Waals surface area contributed by atoms with Gasteiger partial charge in [-0.05, 0) is 48.4 Å². The van der Waals surface area contributed by atoms with Crippen LogP contribution in [0.3, 0.4) is 0 Å². The summed E-state index contributed by atoms with van der Waals surface area (Å²) in [5, 5.41) is 13.5. The van der Waals surface area contributed by atoms with Crippen molar-refractivity contribution in [1.82, 2.24) is 15.0 Å². The molecule has 2 aromatic carbocycles. The van der Waals surface area contributed by atoms with Crippen LogP contribution in [-0.2, 0) is 17.8 Å². The quantitative estimate of drug-likeness (QED) is 0.590. The van der Waals surface area contributed by atoms with E-state index in [1.807, 2.05) is 24.3 Å². The summed E-state index contributed by atoms with van der Waals surface area (Å²) in [4.78, 5) is 24.6. The van der Waals surface area contributed by atoms with E-state index in [-0.39, 0.29) is 24.0 Å². The van der Waals surface area contributed by atoms with Crippen LogP contribution in [0.25, 0.3) is 0 Å². The number of carbonyl (C=O) groups excluding carboxylic acids is 2. The van der Waals surface area contributed by atoms with E-state index in [9.17, 15) is 9.59 Å². The van der Waals surface area contributed by atoms with Crippen LogP contribution in [0.4, 0.5) is 17.2 Å². The molecule has 1 heterocycles. The summed E-state index contributed by atoms with van der Waals surface area (Å²) in [5.74, 6) is -0.852. The third-order valence-electron chi connectivity index (χ3n) is 4.03. The lowest BCUT2D eigenvalue weighted by molar-refractivity contribution is -0.116. The molecule has 3 rings (SSSR count). The molecule has 0 aliphatic heterocycles. The summed E-state index contributed by atoms with van der Waals surface area (Å²) in [7, 11) is 0. The first-order chi connectivity index (χ1) is 13.5. The molecule has 2 amide bonds. The van der Waals surface area contributed by atoms with Crippen molar-refractivity contribution < 1.29 is 9.59 Å². The van der Waals surface area contributed by atoms with Crippen LogP contribution in [-0.4, -0.2) is 26.8 Å². The maximum absolute atomic E-state index is 12.3. The number of halogens is 1. The van der Waals surface area contributed by atoms with Crippen molar-refractivity contribution in [2.75, 3.05) is 16.4 Å². The van der Waals surface area contributed by atoms with E-state index < -0.39 is 5.91 Å². The predicted octanol–water partition coefficient (Wildman–Crippen LogP) is 2.97. The fraction of sp³-hybridized carbons (Fsp3) is 0.158. The summed E-state index contributed by atoms with van der Waals surface area (Å²) < 4.78 is 1.17. The van der Waals surface area contributed by atoms with Gasteiger partial charge in [0.25, 0.3) is 5.91 Å². The lowest BCUT2D eigenvalue weighted by Crippen LogP contribution is -2.21. The number of nitrogen functional groups attached to an aromatic ring is 1. The number of carbonyl (C=O) groups is 2. The van der Waals surface area contributed by atoms with Gasteiger partial charge in [0.1, 0.15) is 6.54 Å². The Bertz CT molecular complexity index is 983. The zero-order chi connectivity index (χ0) is 20.1. The van der Waals surface area contributed by atoms with Gasteiger partial charge in [-0.1, -0.05) is 35.9 Å².